The highest BCUT2D eigenvalue weighted by atomic mass is 35.5. The Labute approximate surface area is 162 Å². The van der Waals surface area contributed by atoms with Crippen molar-refractivity contribution in [2.45, 2.75) is 32.3 Å². The molecule has 0 bridgehead atoms. The lowest BCUT2D eigenvalue weighted by atomic mass is 10.00. The van der Waals surface area contributed by atoms with Gasteiger partial charge in [-0.1, -0.05) is 50.2 Å². The Morgan fingerprint density at radius 2 is 1.77 bits per heavy atom. The van der Waals surface area contributed by atoms with Crippen molar-refractivity contribution in [3.05, 3.63) is 65.2 Å². The summed E-state index contributed by atoms with van der Waals surface area (Å²) in [6.07, 6.45) is -0.0836. The maximum Gasteiger partial charge on any atom is 0.168 e. The molecule has 0 spiro atoms. The minimum Gasteiger partial charge on any atom is -1.00 e. The van der Waals surface area contributed by atoms with Crippen molar-refractivity contribution in [3.63, 3.8) is 0 Å². The number of benzene rings is 2. The first kappa shape index (κ1) is 22.2. The van der Waals surface area contributed by atoms with Gasteiger partial charge in [0.05, 0.1) is 20.1 Å². The summed E-state index contributed by atoms with van der Waals surface area (Å²) in [6, 6.07) is 15.3. The number of Topliss-reactive ketones (excluding diaryl/α,β-unsaturated/α-hetero) is 1. The number of carbonyl (C=O) groups is 1. The van der Waals surface area contributed by atoms with Gasteiger partial charge < -0.3 is 27.6 Å². The van der Waals surface area contributed by atoms with Gasteiger partial charge in [-0.05, 0) is 29.2 Å². The molecule has 0 aliphatic carbocycles. The van der Waals surface area contributed by atoms with Crippen LogP contribution in [0.2, 0.25) is 0 Å². The lowest BCUT2D eigenvalue weighted by Gasteiger charge is -2.12. The third kappa shape index (κ3) is 6.45. The standard InChI is InChI=1S/C21H27NO3.ClH/c1-15(2)16-7-9-17(10-8-16)21(24)14-22-12-11-20(23)18-5-4-6-19(13-18)25-3;/h4-10,13,15,21-22,24H,11-12,14H2,1-3H3;1H. The van der Waals surface area contributed by atoms with E-state index in [9.17, 15) is 9.90 Å². The number of carbonyl (C=O) groups excluding carboxylic acids is 1. The van der Waals surface area contributed by atoms with E-state index in [1.54, 1.807) is 19.2 Å². The number of rotatable bonds is 9. The Hall–Kier alpha value is -1.88. The van der Waals surface area contributed by atoms with Crippen LogP contribution in [0.25, 0.3) is 0 Å². The van der Waals surface area contributed by atoms with E-state index in [4.69, 9.17) is 4.74 Å². The number of aliphatic hydroxyl groups excluding tert-OH is 1. The Bertz CT molecular complexity index is 686. The quantitative estimate of drug-likeness (QED) is 0.465. The Balaban J connectivity index is 0.00000338. The number of quaternary nitrogens is 1. The molecule has 0 fully saturated rings. The second-order valence-corrected chi connectivity index (χ2v) is 6.56. The summed E-state index contributed by atoms with van der Waals surface area (Å²) in [5.41, 5.74) is 2.85. The predicted octanol–water partition coefficient (Wildman–Crippen LogP) is -0.308. The van der Waals surface area contributed by atoms with Crippen LogP contribution in [0.5, 0.6) is 5.75 Å². The van der Waals surface area contributed by atoms with Crippen LogP contribution in [0.3, 0.4) is 0 Å². The number of methoxy groups -OCH3 is 1. The molecule has 0 aliphatic heterocycles. The maximum atomic E-state index is 12.2. The second-order valence-electron chi connectivity index (χ2n) is 6.56. The number of ketones is 1. The van der Waals surface area contributed by atoms with E-state index in [1.165, 1.54) is 5.56 Å². The van der Waals surface area contributed by atoms with Crippen molar-refractivity contribution in [1.82, 2.24) is 0 Å². The lowest BCUT2D eigenvalue weighted by molar-refractivity contribution is -0.660. The summed E-state index contributed by atoms with van der Waals surface area (Å²) in [4.78, 5) is 12.2. The Morgan fingerprint density at radius 3 is 2.38 bits per heavy atom. The molecule has 5 heteroatoms. The normalized spacial score (nSPS) is 11.7. The van der Waals surface area contributed by atoms with Gasteiger partial charge in [-0.15, -0.1) is 0 Å². The summed E-state index contributed by atoms with van der Waals surface area (Å²) >= 11 is 0. The van der Waals surface area contributed by atoms with Crippen molar-refractivity contribution in [1.29, 1.82) is 0 Å². The van der Waals surface area contributed by atoms with Crippen LogP contribution in [-0.2, 0) is 0 Å². The number of halogens is 1. The minimum absolute atomic E-state index is 0. The lowest BCUT2D eigenvalue weighted by Crippen LogP contribution is -3.00. The highest BCUT2D eigenvalue weighted by Gasteiger charge is 2.12. The number of ether oxygens (including phenoxy) is 1. The third-order valence-electron chi connectivity index (χ3n) is 4.35. The summed E-state index contributed by atoms with van der Waals surface area (Å²) in [5.74, 6) is 1.27. The average molecular weight is 378 g/mol. The number of hydrogen-bond acceptors (Lipinski definition) is 3. The first-order valence-electron chi connectivity index (χ1n) is 8.78. The molecular weight excluding hydrogens is 350 g/mol. The molecule has 0 aromatic heterocycles. The monoisotopic (exact) mass is 377 g/mol. The van der Waals surface area contributed by atoms with Gasteiger partial charge in [-0.2, -0.15) is 0 Å². The summed E-state index contributed by atoms with van der Waals surface area (Å²) in [7, 11) is 1.59. The summed E-state index contributed by atoms with van der Waals surface area (Å²) in [5, 5.41) is 12.3. The van der Waals surface area contributed by atoms with Crippen LogP contribution in [-0.4, -0.2) is 31.1 Å². The molecule has 1 atom stereocenters. The minimum atomic E-state index is -0.520. The molecule has 0 heterocycles. The van der Waals surface area contributed by atoms with Gasteiger partial charge in [0, 0.05) is 5.56 Å². The maximum absolute atomic E-state index is 12.2. The zero-order valence-corrected chi connectivity index (χ0v) is 16.4. The first-order valence-corrected chi connectivity index (χ1v) is 8.78. The van der Waals surface area contributed by atoms with Crippen LogP contribution < -0.4 is 22.5 Å². The van der Waals surface area contributed by atoms with Crippen LogP contribution in [0.4, 0.5) is 0 Å². The molecule has 0 aliphatic rings. The molecule has 3 N–H and O–H groups in total. The topological polar surface area (TPSA) is 63.1 Å². The number of hydrogen-bond donors (Lipinski definition) is 2. The van der Waals surface area contributed by atoms with Gasteiger partial charge in [0.1, 0.15) is 18.4 Å². The number of nitrogens with two attached hydrogens (primary N) is 1. The number of aliphatic hydroxyl groups is 1. The Morgan fingerprint density at radius 1 is 1.12 bits per heavy atom. The van der Waals surface area contributed by atoms with E-state index in [1.807, 2.05) is 29.6 Å². The van der Waals surface area contributed by atoms with Crippen molar-refractivity contribution in [3.8, 4) is 5.75 Å². The summed E-state index contributed by atoms with van der Waals surface area (Å²) in [6.45, 7) is 5.50. The van der Waals surface area contributed by atoms with Crippen molar-refractivity contribution >= 4 is 5.78 Å². The van der Waals surface area contributed by atoms with Crippen molar-refractivity contribution in [2.24, 2.45) is 0 Å². The van der Waals surface area contributed by atoms with Gasteiger partial charge >= 0.3 is 0 Å². The largest absolute Gasteiger partial charge is 1.00 e. The zero-order valence-electron chi connectivity index (χ0n) is 15.6. The molecule has 2 aromatic carbocycles. The van der Waals surface area contributed by atoms with Crippen LogP contribution >= 0.6 is 0 Å². The molecule has 26 heavy (non-hydrogen) atoms. The highest BCUT2D eigenvalue weighted by Crippen LogP contribution is 2.18. The molecule has 0 saturated carbocycles. The van der Waals surface area contributed by atoms with Crippen molar-refractivity contribution in [2.75, 3.05) is 20.2 Å². The van der Waals surface area contributed by atoms with Gasteiger partial charge in [-0.25, -0.2) is 0 Å². The third-order valence-corrected chi connectivity index (χ3v) is 4.35. The van der Waals surface area contributed by atoms with Crippen LogP contribution in [0, 0.1) is 0 Å². The van der Waals surface area contributed by atoms with Crippen LogP contribution in [0.15, 0.2) is 48.5 Å². The fraction of sp³-hybridized carbons (Fsp3) is 0.381. The fourth-order valence-electron chi connectivity index (χ4n) is 2.69. The molecule has 4 nitrogen and oxygen atoms in total. The smallest absolute Gasteiger partial charge is 0.168 e. The van der Waals surface area contributed by atoms with E-state index in [0.717, 1.165) is 5.56 Å². The predicted molar refractivity (Wildman–Crippen MR) is 99.1 cm³/mol. The van der Waals surface area contributed by atoms with E-state index in [0.29, 0.717) is 36.7 Å². The van der Waals surface area contributed by atoms with E-state index in [-0.39, 0.29) is 18.2 Å². The first-order chi connectivity index (χ1) is 12.0. The zero-order chi connectivity index (χ0) is 18.2. The SMILES string of the molecule is COc1cccc(C(=O)CC[NH2+]CC(O)c2ccc(C(C)C)cc2)c1.[Cl-]. The van der Waals surface area contributed by atoms with Crippen LogP contribution in [0.1, 0.15) is 53.8 Å². The van der Waals surface area contributed by atoms with Gasteiger partial charge in [0.2, 0.25) is 0 Å². The molecule has 0 amide bonds. The van der Waals surface area contributed by atoms with E-state index < -0.39 is 6.10 Å². The second kappa shape index (κ2) is 11.0. The highest BCUT2D eigenvalue weighted by molar-refractivity contribution is 5.96. The fourth-order valence-corrected chi connectivity index (χ4v) is 2.69. The van der Waals surface area contributed by atoms with Gasteiger partial charge in [0.25, 0.3) is 0 Å². The Kier molecular flexibility index (Phi) is 9.35. The molecule has 142 valence electrons. The molecule has 2 aromatic rings. The molecule has 2 rings (SSSR count). The van der Waals surface area contributed by atoms with E-state index in [2.05, 4.69) is 26.0 Å². The molecular formula is C21H28ClNO3. The molecule has 1 unspecified atom stereocenters. The van der Waals surface area contributed by atoms with Crippen molar-refractivity contribution < 1.29 is 32.4 Å². The average Bonchev–Trinajstić information content (AvgIpc) is 2.64. The molecule has 0 saturated heterocycles. The van der Waals surface area contributed by atoms with Gasteiger partial charge in [0.15, 0.2) is 5.78 Å². The summed E-state index contributed by atoms with van der Waals surface area (Å²) < 4.78 is 5.14. The van der Waals surface area contributed by atoms with Gasteiger partial charge in [-0.3, -0.25) is 4.79 Å². The van der Waals surface area contributed by atoms with E-state index >= 15 is 0 Å². The molecule has 0 radical (unpaired) electrons.